The van der Waals surface area contributed by atoms with Crippen LogP contribution in [0.4, 0.5) is 34.6 Å². The van der Waals surface area contributed by atoms with Crippen LogP contribution in [-0.2, 0) is 0 Å². The molecule has 3 aliphatic rings. The summed E-state index contributed by atoms with van der Waals surface area (Å²) in [5.74, 6) is 5.36. The van der Waals surface area contributed by atoms with Crippen LogP contribution in [0.1, 0.15) is 33.4 Å². The van der Waals surface area contributed by atoms with Gasteiger partial charge in [-0.3, -0.25) is 9.80 Å². The van der Waals surface area contributed by atoms with E-state index in [1.807, 2.05) is 24.3 Å². The topological polar surface area (TPSA) is 87.5 Å². The van der Waals surface area contributed by atoms with Crippen molar-refractivity contribution in [2.75, 3.05) is 9.80 Å². The van der Waals surface area contributed by atoms with Crippen LogP contribution >= 0.6 is 63.7 Å². The lowest BCUT2D eigenvalue weighted by Crippen LogP contribution is -2.35. The highest BCUT2D eigenvalue weighted by Crippen LogP contribution is 2.44. The average Bonchev–Trinajstić information content (AvgIpc) is 3.71. The Morgan fingerprint density at radius 3 is 1.26 bits per heavy atom. The molecule has 2 aromatic heterocycles. The Hall–Kier alpha value is -3.32. The third-order valence-electron chi connectivity index (χ3n) is 7.95. The highest BCUT2D eigenvalue weighted by Gasteiger charge is 2.30. The molecule has 0 saturated carbocycles. The van der Waals surface area contributed by atoms with Gasteiger partial charge in [-0.25, -0.2) is 20.0 Å². The summed E-state index contributed by atoms with van der Waals surface area (Å²) in [7, 11) is 0. The Balaban J connectivity index is 1.51. The summed E-state index contributed by atoms with van der Waals surface area (Å²) in [4.78, 5) is 31.4. The van der Waals surface area contributed by atoms with Gasteiger partial charge in [0.15, 0.2) is 11.7 Å². The summed E-state index contributed by atoms with van der Waals surface area (Å²) in [6.45, 7) is 12.7. The van der Waals surface area contributed by atoms with Gasteiger partial charge in [0.05, 0.1) is 29.3 Å². The second-order valence-electron chi connectivity index (χ2n) is 11.7. The maximum absolute atomic E-state index is 5.04. The molecular weight excluding hydrogens is 840 g/mol. The number of aliphatic imine (C=N–C) groups is 4. The molecule has 0 atom stereocenters. The Morgan fingerprint density at radius 1 is 0.500 bits per heavy atom. The number of aromatic nitrogens is 2. The van der Waals surface area contributed by atoms with E-state index < -0.39 is 0 Å². The van der Waals surface area contributed by atoms with Crippen molar-refractivity contribution < 1.29 is 0 Å². The molecule has 0 unspecified atom stereocenters. The summed E-state index contributed by atoms with van der Waals surface area (Å²) in [6.07, 6.45) is 3.96. The van der Waals surface area contributed by atoms with Crippen LogP contribution < -0.4 is 9.80 Å². The minimum atomic E-state index is 0.540. The number of hydrogen-bond donors (Lipinski definition) is 2. The molecule has 0 saturated heterocycles. The van der Waals surface area contributed by atoms with Crippen LogP contribution in [-0.4, -0.2) is 33.3 Å². The zero-order valence-corrected chi connectivity index (χ0v) is 32.2. The maximum Gasteiger partial charge on any atom is 0.171 e. The maximum atomic E-state index is 5.04. The first-order chi connectivity index (χ1) is 21.9. The fourth-order valence-corrected chi connectivity index (χ4v) is 7.90. The summed E-state index contributed by atoms with van der Waals surface area (Å²) >= 11 is 15.0. The van der Waals surface area contributed by atoms with Crippen molar-refractivity contribution in [3.63, 3.8) is 0 Å². The van der Waals surface area contributed by atoms with Gasteiger partial charge >= 0.3 is 0 Å². The number of nitrogens with one attached hydrogen (secondary N) is 2. The first kappa shape index (κ1) is 31.3. The molecule has 3 aliphatic heterocycles. The number of anilines is 4. The van der Waals surface area contributed by atoms with Gasteiger partial charge < -0.3 is 9.97 Å². The van der Waals surface area contributed by atoms with Gasteiger partial charge in [-0.2, -0.15) is 0 Å². The van der Waals surface area contributed by atoms with Crippen LogP contribution in [0.3, 0.4) is 0 Å². The molecule has 46 heavy (non-hydrogen) atoms. The zero-order valence-electron chi connectivity index (χ0n) is 25.8. The van der Waals surface area contributed by atoms with E-state index >= 15 is 0 Å². The van der Waals surface area contributed by atoms with Crippen molar-refractivity contribution in [3.05, 3.63) is 99.8 Å². The first-order valence-corrected chi connectivity index (χ1v) is 17.7. The van der Waals surface area contributed by atoms with Crippen molar-refractivity contribution in [2.45, 2.75) is 41.5 Å². The number of halogens is 4. The summed E-state index contributed by atoms with van der Waals surface area (Å²) in [5.41, 5.74) is 8.94. The Labute approximate surface area is 300 Å². The van der Waals surface area contributed by atoms with Crippen molar-refractivity contribution in [2.24, 2.45) is 20.0 Å². The molecular formula is C34H28Br4N8. The predicted molar refractivity (Wildman–Crippen MR) is 206 cm³/mol. The van der Waals surface area contributed by atoms with Crippen molar-refractivity contribution in [1.29, 1.82) is 0 Å². The number of amidine groups is 4. The molecule has 0 radical (unpaired) electrons. The van der Waals surface area contributed by atoms with E-state index in [9.17, 15) is 0 Å². The van der Waals surface area contributed by atoms with E-state index in [0.717, 1.165) is 63.2 Å². The van der Waals surface area contributed by atoms with Crippen molar-refractivity contribution in [1.82, 2.24) is 9.97 Å². The van der Waals surface area contributed by atoms with Crippen LogP contribution in [0.25, 0.3) is 0 Å². The Bertz CT molecular complexity index is 2030. The molecule has 0 fully saturated rings. The number of aryl methyl sites for hydroxylation is 6. The van der Waals surface area contributed by atoms with E-state index in [1.165, 1.54) is 11.1 Å². The minimum Gasteiger partial charge on any atom is -0.325 e. The zero-order chi connectivity index (χ0) is 32.6. The lowest BCUT2D eigenvalue weighted by Gasteiger charge is -2.26. The quantitative estimate of drug-likeness (QED) is 0.210. The number of nitrogens with zero attached hydrogens (tertiary/aromatic N) is 6. The largest absolute Gasteiger partial charge is 0.325 e. The van der Waals surface area contributed by atoms with E-state index in [0.29, 0.717) is 35.0 Å². The molecule has 2 N–H and O–H groups in total. The molecule has 8 bridgehead atoms. The molecule has 232 valence electrons. The van der Waals surface area contributed by atoms with Gasteiger partial charge in [-0.1, -0.05) is 35.4 Å². The van der Waals surface area contributed by atoms with Gasteiger partial charge in [0.1, 0.15) is 34.9 Å². The van der Waals surface area contributed by atoms with Gasteiger partial charge in [-0.15, -0.1) is 0 Å². The summed E-state index contributed by atoms with van der Waals surface area (Å²) < 4.78 is 3.13. The normalized spacial score (nSPS) is 15.9. The van der Waals surface area contributed by atoms with E-state index in [1.54, 1.807) is 0 Å². The molecule has 0 aliphatic carbocycles. The Kier molecular flexibility index (Phi) is 7.98. The number of rotatable bonds is 2. The van der Waals surface area contributed by atoms with Crippen LogP contribution in [0.15, 0.2) is 86.4 Å². The molecule has 5 heterocycles. The Morgan fingerprint density at radius 2 is 0.870 bits per heavy atom. The van der Waals surface area contributed by atoms with Gasteiger partial charge in [0, 0.05) is 0 Å². The van der Waals surface area contributed by atoms with E-state index in [4.69, 9.17) is 20.0 Å². The van der Waals surface area contributed by atoms with Gasteiger partial charge in [0.2, 0.25) is 0 Å². The number of aromatic amines is 2. The van der Waals surface area contributed by atoms with Crippen LogP contribution in [0.5, 0.6) is 0 Å². The minimum absolute atomic E-state index is 0.540. The predicted octanol–water partition coefficient (Wildman–Crippen LogP) is 11.2. The highest BCUT2D eigenvalue weighted by molar-refractivity contribution is 9.12. The first-order valence-electron chi connectivity index (χ1n) is 14.5. The molecule has 0 amide bonds. The number of H-pyrrole nitrogens is 2. The van der Waals surface area contributed by atoms with Crippen molar-refractivity contribution in [3.8, 4) is 0 Å². The number of fused-ring (bicyclic) bond motifs is 6. The second kappa shape index (κ2) is 11.7. The third kappa shape index (κ3) is 5.42. The molecule has 2 aromatic carbocycles. The summed E-state index contributed by atoms with van der Waals surface area (Å²) in [6, 6.07) is 12.8. The lowest BCUT2D eigenvalue weighted by molar-refractivity contribution is 1.12. The average molecular weight is 868 g/mol. The standard InChI is InChI=1S/C34H28Br4N8/c1-15-7-17(3)29(18(4)8-15)45-25-11-21(35)31(39-25)43-33-23(37)13-27(41-33)46(30-19(5)9-16(2)10-20(30)6)28-14-24(38)34(42-28)44-32-22(36)12-26(45)40-32/h7-14,39-40H,1-6H3. The number of benzene rings is 2. The SMILES string of the molecule is Cc1cc(C)c(N2C3=NC(=Nc4[nH]c(cc4Br)N(c4c(C)cc(C)cc4C)c4cc(Br)c([nH]4)N=C4N=C2C=C4Br)C(Br)=C3)c(C)c1. The fourth-order valence-electron chi connectivity index (χ4n) is 6.32. The molecule has 0 spiro atoms. The molecule has 4 aromatic rings. The van der Waals surface area contributed by atoms with E-state index in [-0.39, 0.29) is 0 Å². The second-order valence-corrected chi connectivity index (χ2v) is 15.1. The lowest BCUT2D eigenvalue weighted by atomic mass is 10.0. The molecule has 12 heteroatoms. The van der Waals surface area contributed by atoms with Crippen molar-refractivity contribution >= 4 is 122 Å². The highest BCUT2D eigenvalue weighted by atomic mass is 79.9. The van der Waals surface area contributed by atoms with Crippen LogP contribution in [0.2, 0.25) is 0 Å². The summed E-state index contributed by atoms with van der Waals surface area (Å²) in [5, 5.41) is 0. The number of hydrogen-bond acceptors (Lipinski definition) is 6. The molecule has 8 nitrogen and oxygen atoms in total. The van der Waals surface area contributed by atoms with Gasteiger partial charge in [0.25, 0.3) is 0 Å². The molecule has 7 rings (SSSR count). The monoisotopic (exact) mass is 864 g/mol. The fraction of sp³-hybridized carbons (Fsp3) is 0.176. The smallest absolute Gasteiger partial charge is 0.171 e. The van der Waals surface area contributed by atoms with Crippen LogP contribution in [0, 0.1) is 41.5 Å². The van der Waals surface area contributed by atoms with E-state index in [2.05, 4.69) is 149 Å². The third-order valence-corrected chi connectivity index (χ3v) is 10.3. The van der Waals surface area contributed by atoms with Gasteiger partial charge in [-0.05, 0) is 152 Å².